The fourth-order valence-electron chi connectivity index (χ4n) is 3.01. The maximum Gasteiger partial charge on any atom is 0.228 e. The molecule has 0 radical (unpaired) electrons. The summed E-state index contributed by atoms with van der Waals surface area (Å²) in [6.07, 6.45) is 7.45. The van der Waals surface area contributed by atoms with Crippen molar-refractivity contribution in [1.82, 2.24) is 15.0 Å². The number of rotatable bonds is 18. The molecule has 0 amide bonds. The molecule has 1 aromatic heterocycles. The first-order valence-electron chi connectivity index (χ1n) is 11.6. The summed E-state index contributed by atoms with van der Waals surface area (Å²) in [5, 5.41) is 7.24. The summed E-state index contributed by atoms with van der Waals surface area (Å²) in [7, 11) is 0. The van der Waals surface area contributed by atoms with Gasteiger partial charge in [-0.05, 0) is 30.7 Å². The molecule has 2 rings (SSSR count). The number of nitrogens with one attached hydrogen (secondary N) is 2. The van der Waals surface area contributed by atoms with Crippen molar-refractivity contribution in [2.24, 2.45) is 5.73 Å². The van der Waals surface area contributed by atoms with Crippen LogP contribution in [0.4, 0.5) is 11.9 Å². The van der Waals surface area contributed by atoms with Gasteiger partial charge < -0.3 is 25.8 Å². The van der Waals surface area contributed by atoms with E-state index >= 15 is 0 Å². The first kappa shape index (κ1) is 26.3. The summed E-state index contributed by atoms with van der Waals surface area (Å²) in [6, 6.07) is 7.47. The Bertz CT molecular complexity index is 748. The summed E-state index contributed by atoms with van der Waals surface area (Å²) in [5.41, 5.74) is 6.27. The van der Waals surface area contributed by atoms with Crippen LogP contribution < -0.4 is 16.4 Å². The van der Waals surface area contributed by atoms with Crippen molar-refractivity contribution in [2.45, 2.75) is 45.4 Å². The first-order valence-corrected chi connectivity index (χ1v) is 12.0. The van der Waals surface area contributed by atoms with Gasteiger partial charge >= 0.3 is 0 Å². The lowest BCUT2D eigenvalue weighted by atomic mass is 10.1. The van der Waals surface area contributed by atoms with Crippen LogP contribution in [0.15, 0.2) is 24.3 Å². The highest BCUT2D eigenvalue weighted by Crippen LogP contribution is 2.20. The van der Waals surface area contributed by atoms with Gasteiger partial charge in [0.05, 0.1) is 26.4 Å². The van der Waals surface area contributed by atoms with Crippen LogP contribution in [0.1, 0.15) is 45.4 Å². The lowest BCUT2D eigenvalue weighted by Gasteiger charge is -2.11. The van der Waals surface area contributed by atoms with Gasteiger partial charge in [-0.25, -0.2) is 0 Å². The van der Waals surface area contributed by atoms with E-state index in [1.54, 1.807) is 0 Å². The molecule has 1 heterocycles. The third-order valence-electron chi connectivity index (χ3n) is 4.71. The third kappa shape index (κ3) is 11.0. The fourth-order valence-corrected chi connectivity index (χ4v) is 3.13. The molecule has 2 aromatic rings. The number of halogens is 1. The minimum atomic E-state index is 0.512. The highest BCUT2D eigenvalue weighted by atomic mass is 35.5. The maximum atomic E-state index is 6.02. The second-order valence-corrected chi connectivity index (χ2v) is 7.88. The van der Waals surface area contributed by atoms with Crippen molar-refractivity contribution >= 4 is 23.5 Å². The predicted octanol–water partition coefficient (Wildman–Crippen LogP) is 4.37. The number of aromatic nitrogens is 3. The second-order valence-electron chi connectivity index (χ2n) is 7.45. The lowest BCUT2D eigenvalue weighted by Crippen LogP contribution is -2.16. The Morgan fingerprint density at radius 1 is 0.781 bits per heavy atom. The molecular weight excluding hydrogens is 428 g/mol. The Morgan fingerprint density at radius 3 is 2.09 bits per heavy atom. The summed E-state index contributed by atoms with van der Waals surface area (Å²) < 4.78 is 10.8. The van der Waals surface area contributed by atoms with E-state index in [2.05, 4.69) is 32.5 Å². The van der Waals surface area contributed by atoms with Crippen molar-refractivity contribution in [1.29, 1.82) is 0 Å². The van der Waals surface area contributed by atoms with Crippen LogP contribution in [0.2, 0.25) is 5.02 Å². The third-order valence-corrected chi connectivity index (χ3v) is 4.97. The van der Waals surface area contributed by atoms with Gasteiger partial charge in [0.2, 0.25) is 11.9 Å². The number of nitrogens with zero attached hydrogens (tertiary/aromatic N) is 3. The Hall–Kier alpha value is -2.00. The van der Waals surface area contributed by atoms with Crippen molar-refractivity contribution in [3.8, 4) is 11.4 Å². The van der Waals surface area contributed by atoms with Gasteiger partial charge in [-0.3, -0.25) is 0 Å². The minimum absolute atomic E-state index is 0.512. The lowest BCUT2D eigenvalue weighted by molar-refractivity contribution is 0.0547. The van der Waals surface area contributed by atoms with Crippen LogP contribution in [0.3, 0.4) is 0 Å². The standard InChI is InChI=1S/C23H37ClN6O2/c1-2-3-4-5-6-7-13-26-22-28-21(19-8-10-20(24)11-9-19)29-23(30-22)27-14-16-32-18-17-31-15-12-25/h8-11H,2-7,12-18,25H2,1H3,(H2,26,27,28,29,30). The molecule has 8 nitrogen and oxygen atoms in total. The van der Waals surface area contributed by atoms with Crippen LogP contribution in [-0.4, -0.2) is 61.0 Å². The fraction of sp³-hybridized carbons (Fsp3) is 0.609. The van der Waals surface area contributed by atoms with Crippen LogP contribution in [-0.2, 0) is 9.47 Å². The molecule has 0 atom stereocenters. The molecule has 0 fully saturated rings. The topological polar surface area (TPSA) is 107 Å². The number of unbranched alkanes of at least 4 members (excludes halogenated alkanes) is 5. The molecule has 0 aliphatic heterocycles. The molecule has 0 saturated carbocycles. The van der Waals surface area contributed by atoms with Crippen molar-refractivity contribution in [2.75, 3.05) is 56.7 Å². The molecule has 4 N–H and O–H groups in total. The summed E-state index contributed by atoms with van der Waals surface area (Å²) in [4.78, 5) is 13.7. The molecule has 0 bridgehead atoms. The van der Waals surface area contributed by atoms with Gasteiger partial charge in [-0.15, -0.1) is 0 Å². The molecule has 32 heavy (non-hydrogen) atoms. The summed E-state index contributed by atoms with van der Waals surface area (Å²) in [5.74, 6) is 1.68. The van der Waals surface area contributed by atoms with Crippen molar-refractivity contribution < 1.29 is 9.47 Å². The minimum Gasteiger partial charge on any atom is -0.378 e. The van der Waals surface area contributed by atoms with Crippen LogP contribution in [0, 0.1) is 0 Å². The number of anilines is 2. The Kier molecular flexibility index (Phi) is 13.6. The Morgan fingerprint density at radius 2 is 1.41 bits per heavy atom. The molecule has 0 aliphatic rings. The average molecular weight is 465 g/mol. The average Bonchev–Trinajstić information content (AvgIpc) is 2.80. The van der Waals surface area contributed by atoms with Crippen molar-refractivity contribution in [3.63, 3.8) is 0 Å². The van der Waals surface area contributed by atoms with E-state index in [9.17, 15) is 0 Å². The molecule has 0 saturated heterocycles. The Labute approximate surface area is 196 Å². The number of ether oxygens (including phenoxy) is 2. The van der Waals surface area contributed by atoms with Crippen LogP contribution in [0.25, 0.3) is 11.4 Å². The van der Waals surface area contributed by atoms with Crippen molar-refractivity contribution in [3.05, 3.63) is 29.3 Å². The molecule has 178 valence electrons. The van der Waals surface area contributed by atoms with Gasteiger partial charge in [0.25, 0.3) is 0 Å². The monoisotopic (exact) mass is 464 g/mol. The quantitative estimate of drug-likeness (QED) is 0.279. The van der Waals surface area contributed by atoms with Gasteiger partial charge in [0.1, 0.15) is 0 Å². The molecular formula is C23H37ClN6O2. The Balaban J connectivity index is 1.88. The summed E-state index contributed by atoms with van der Waals surface area (Å²) in [6.45, 7) is 6.31. The number of hydrogen-bond acceptors (Lipinski definition) is 8. The normalized spacial score (nSPS) is 11.0. The largest absolute Gasteiger partial charge is 0.378 e. The maximum absolute atomic E-state index is 6.02. The van der Waals surface area contributed by atoms with Gasteiger partial charge in [-0.2, -0.15) is 15.0 Å². The molecule has 0 spiro atoms. The van der Waals surface area contributed by atoms with Crippen LogP contribution in [0.5, 0.6) is 0 Å². The van der Waals surface area contributed by atoms with Crippen LogP contribution >= 0.6 is 11.6 Å². The first-order chi connectivity index (χ1) is 15.7. The number of hydrogen-bond donors (Lipinski definition) is 3. The van der Waals surface area contributed by atoms with E-state index in [4.69, 9.17) is 26.8 Å². The summed E-state index contributed by atoms with van der Waals surface area (Å²) >= 11 is 6.02. The predicted molar refractivity (Wildman–Crippen MR) is 131 cm³/mol. The molecule has 1 aromatic carbocycles. The van der Waals surface area contributed by atoms with E-state index in [0.717, 1.165) is 18.5 Å². The van der Waals surface area contributed by atoms with Gasteiger partial charge in [0.15, 0.2) is 5.82 Å². The zero-order valence-electron chi connectivity index (χ0n) is 19.1. The van der Waals surface area contributed by atoms with Gasteiger partial charge in [0, 0.05) is 30.2 Å². The molecule has 0 unspecified atom stereocenters. The SMILES string of the molecule is CCCCCCCCNc1nc(NCCOCCOCCN)nc(-c2ccc(Cl)cc2)n1. The van der Waals surface area contributed by atoms with E-state index in [0.29, 0.717) is 62.3 Å². The number of nitrogens with two attached hydrogens (primary N) is 1. The highest BCUT2D eigenvalue weighted by molar-refractivity contribution is 6.30. The second kappa shape index (κ2) is 16.6. The highest BCUT2D eigenvalue weighted by Gasteiger charge is 2.09. The molecule has 9 heteroatoms. The zero-order chi connectivity index (χ0) is 22.9. The molecule has 0 aliphatic carbocycles. The van der Waals surface area contributed by atoms with E-state index in [-0.39, 0.29) is 0 Å². The smallest absolute Gasteiger partial charge is 0.228 e. The van der Waals surface area contributed by atoms with Gasteiger partial charge in [-0.1, -0.05) is 50.6 Å². The van der Waals surface area contributed by atoms with E-state index in [1.165, 1.54) is 32.1 Å². The van der Waals surface area contributed by atoms with E-state index in [1.807, 2.05) is 24.3 Å². The zero-order valence-corrected chi connectivity index (χ0v) is 19.9. The van der Waals surface area contributed by atoms with E-state index < -0.39 is 0 Å². The number of benzene rings is 1.